The molecule has 0 amide bonds. The van der Waals surface area contributed by atoms with Crippen molar-refractivity contribution in [3.63, 3.8) is 0 Å². The van der Waals surface area contributed by atoms with Crippen molar-refractivity contribution >= 4 is 27.2 Å². The zero-order valence-corrected chi connectivity index (χ0v) is 8.41. The molecular weight excluding hydrogens is 196 g/mol. The summed E-state index contributed by atoms with van der Waals surface area (Å²) in [6.45, 7) is 1.49. The maximum atomic E-state index is 11.3. The number of hydrogen-bond donors (Lipinski definition) is 2. The molecule has 0 aromatic rings. The van der Waals surface area contributed by atoms with Crippen LogP contribution < -0.4 is 10.5 Å². The molecular formula is C6H12N2O2S2. The second-order valence-electron chi connectivity index (χ2n) is 2.98. The third-order valence-corrected chi connectivity index (χ3v) is 4.12. The van der Waals surface area contributed by atoms with Crippen LogP contribution in [0.25, 0.3) is 0 Å². The topological polar surface area (TPSA) is 72.2 Å². The van der Waals surface area contributed by atoms with Gasteiger partial charge in [0.25, 0.3) is 0 Å². The second-order valence-corrected chi connectivity index (χ2v) is 5.49. The summed E-state index contributed by atoms with van der Waals surface area (Å²) in [6.07, 6.45) is 1.84. The van der Waals surface area contributed by atoms with E-state index in [0.717, 1.165) is 12.8 Å². The molecule has 0 spiro atoms. The summed E-state index contributed by atoms with van der Waals surface area (Å²) in [5, 5.41) is -0.770. The molecule has 0 aromatic carbocycles. The fourth-order valence-corrected chi connectivity index (χ4v) is 2.28. The first-order valence-corrected chi connectivity index (χ1v) is 5.69. The average Bonchev–Trinajstić information content (AvgIpc) is 2.69. The van der Waals surface area contributed by atoms with Crippen molar-refractivity contribution in [2.24, 2.45) is 5.73 Å². The third-order valence-electron chi connectivity index (χ3n) is 1.77. The summed E-state index contributed by atoms with van der Waals surface area (Å²) >= 11 is 4.60. The quantitative estimate of drug-likeness (QED) is 0.625. The molecule has 1 aliphatic carbocycles. The Morgan fingerprint density at radius 3 is 2.50 bits per heavy atom. The van der Waals surface area contributed by atoms with Gasteiger partial charge in [0.15, 0.2) is 0 Å². The van der Waals surface area contributed by atoms with Crippen LogP contribution in [0.5, 0.6) is 0 Å². The molecule has 0 aliphatic heterocycles. The lowest BCUT2D eigenvalue weighted by Crippen LogP contribution is -2.40. The lowest BCUT2D eigenvalue weighted by molar-refractivity contribution is 0.578. The van der Waals surface area contributed by atoms with E-state index in [-0.39, 0.29) is 11.0 Å². The summed E-state index contributed by atoms with van der Waals surface area (Å²) in [4.78, 5) is 0.0168. The Balaban J connectivity index is 2.62. The fourth-order valence-electron chi connectivity index (χ4n) is 0.688. The Morgan fingerprint density at radius 1 is 1.67 bits per heavy atom. The van der Waals surface area contributed by atoms with Gasteiger partial charge in [0, 0.05) is 6.04 Å². The Kier molecular flexibility index (Phi) is 2.70. The maximum Gasteiger partial charge on any atom is 0.220 e. The van der Waals surface area contributed by atoms with Gasteiger partial charge in [0.05, 0.1) is 4.99 Å². The van der Waals surface area contributed by atoms with E-state index < -0.39 is 15.3 Å². The number of hydrogen-bond acceptors (Lipinski definition) is 3. The number of nitrogens with two attached hydrogens (primary N) is 1. The zero-order chi connectivity index (χ0) is 9.35. The smallest absolute Gasteiger partial charge is 0.220 e. The van der Waals surface area contributed by atoms with Crippen LogP contribution >= 0.6 is 12.2 Å². The molecule has 1 atom stereocenters. The Bertz CT molecular complexity index is 282. The molecule has 1 aliphatic rings. The van der Waals surface area contributed by atoms with E-state index in [2.05, 4.69) is 16.9 Å². The number of thiocarbonyl (C=S) groups is 1. The maximum absolute atomic E-state index is 11.3. The number of rotatable bonds is 4. The van der Waals surface area contributed by atoms with Crippen molar-refractivity contribution in [3.8, 4) is 0 Å². The van der Waals surface area contributed by atoms with Crippen molar-refractivity contribution in [2.75, 3.05) is 0 Å². The molecule has 1 rings (SSSR count). The monoisotopic (exact) mass is 208 g/mol. The van der Waals surface area contributed by atoms with Gasteiger partial charge in [-0.15, -0.1) is 0 Å². The molecule has 1 fully saturated rings. The summed E-state index contributed by atoms with van der Waals surface area (Å²) in [6, 6.07) is 0.117. The van der Waals surface area contributed by atoms with Crippen molar-refractivity contribution in [2.45, 2.75) is 31.1 Å². The van der Waals surface area contributed by atoms with Crippen molar-refractivity contribution < 1.29 is 8.42 Å². The largest absolute Gasteiger partial charge is 0.392 e. The SMILES string of the molecule is CC(C(N)=S)S(=O)(=O)NC1CC1. The van der Waals surface area contributed by atoms with E-state index in [0.29, 0.717) is 0 Å². The molecule has 6 heteroatoms. The highest BCUT2D eigenvalue weighted by atomic mass is 32.2. The zero-order valence-electron chi connectivity index (χ0n) is 6.78. The van der Waals surface area contributed by atoms with Crippen LogP contribution in [-0.4, -0.2) is 24.7 Å². The fraction of sp³-hybridized carbons (Fsp3) is 0.833. The van der Waals surface area contributed by atoms with Crippen LogP contribution in [0.1, 0.15) is 19.8 Å². The highest BCUT2D eigenvalue weighted by Gasteiger charge is 2.31. The first kappa shape index (κ1) is 9.88. The Morgan fingerprint density at radius 2 is 2.17 bits per heavy atom. The molecule has 3 N–H and O–H groups in total. The van der Waals surface area contributed by atoms with Crippen molar-refractivity contribution in [1.82, 2.24) is 4.72 Å². The lowest BCUT2D eigenvalue weighted by Gasteiger charge is -2.11. The molecule has 0 heterocycles. The van der Waals surface area contributed by atoms with E-state index in [4.69, 9.17) is 5.73 Å². The first-order chi connectivity index (χ1) is 5.43. The molecule has 4 nitrogen and oxygen atoms in total. The predicted octanol–water partition coefficient (Wildman–Crippen LogP) is -0.257. The van der Waals surface area contributed by atoms with Crippen LogP contribution in [0.4, 0.5) is 0 Å². The molecule has 1 unspecified atom stereocenters. The van der Waals surface area contributed by atoms with E-state index in [1.165, 1.54) is 6.92 Å². The molecule has 12 heavy (non-hydrogen) atoms. The summed E-state index contributed by atoms with van der Waals surface area (Å²) < 4.78 is 25.2. The van der Waals surface area contributed by atoms with Gasteiger partial charge in [-0.25, -0.2) is 13.1 Å². The predicted molar refractivity (Wildman–Crippen MR) is 51.3 cm³/mol. The highest BCUT2D eigenvalue weighted by Crippen LogP contribution is 2.20. The van der Waals surface area contributed by atoms with Crippen LogP contribution in [0.3, 0.4) is 0 Å². The van der Waals surface area contributed by atoms with Gasteiger partial charge in [-0.3, -0.25) is 0 Å². The normalized spacial score (nSPS) is 20.4. The standard InChI is InChI=1S/C6H12N2O2S2/c1-4(6(7)11)12(9,10)8-5-2-3-5/h4-5,8H,2-3H2,1H3,(H2,7,11). The molecule has 0 saturated heterocycles. The third kappa shape index (κ3) is 2.40. The summed E-state index contributed by atoms with van der Waals surface area (Å²) in [5.41, 5.74) is 5.23. The van der Waals surface area contributed by atoms with Crippen molar-refractivity contribution in [3.05, 3.63) is 0 Å². The minimum Gasteiger partial charge on any atom is -0.392 e. The Hall–Kier alpha value is -0.200. The summed E-state index contributed by atoms with van der Waals surface area (Å²) in [7, 11) is -3.31. The molecule has 1 saturated carbocycles. The van der Waals surface area contributed by atoms with Gasteiger partial charge in [0.2, 0.25) is 10.0 Å². The molecule has 70 valence electrons. The average molecular weight is 208 g/mol. The minimum absolute atomic E-state index is 0.0168. The van der Waals surface area contributed by atoms with E-state index in [1.54, 1.807) is 0 Å². The van der Waals surface area contributed by atoms with E-state index >= 15 is 0 Å². The van der Waals surface area contributed by atoms with E-state index in [1.807, 2.05) is 0 Å². The van der Waals surface area contributed by atoms with Gasteiger partial charge in [-0.05, 0) is 19.8 Å². The van der Waals surface area contributed by atoms with Crippen molar-refractivity contribution in [1.29, 1.82) is 0 Å². The summed E-state index contributed by atoms with van der Waals surface area (Å²) in [5.74, 6) is 0. The van der Waals surface area contributed by atoms with Gasteiger partial charge >= 0.3 is 0 Å². The molecule has 0 aromatic heterocycles. The van der Waals surface area contributed by atoms with Gasteiger partial charge in [0.1, 0.15) is 5.25 Å². The van der Waals surface area contributed by atoms with Crippen LogP contribution in [-0.2, 0) is 10.0 Å². The number of sulfonamides is 1. The van der Waals surface area contributed by atoms with Crippen LogP contribution in [0.2, 0.25) is 0 Å². The van der Waals surface area contributed by atoms with Gasteiger partial charge < -0.3 is 5.73 Å². The highest BCUT2D eigenvalue weighted by molar-refractivity contribution is 7.93. The molecule has 0 radical (unpaired) electrons. The lowest BCUT2D eigenvalue weighted by atomic mass is 10.5. The van der Waals surface area contributed by atoms with Crippen LogP contribution in [0, 0.1) is 0 Å². The van der Waals surface area contributed by atoms with Gasteiger partial charge in [-0.1, -0.05) is 12.2 Å². The number of nitrogens with one attached hydrogen (secondary N) is 1. The first-order valence-electron chi connectivity index (χ1n) is 3.74. The second kappa shape index (κ2) is 3.27. The van der Waals surface area contributed by atoms with E-state index in [9.17, 15) is 8.42 Å². The minimum atomic E-state index is -3.31. The molecule has 0 bridgehead atoms. The van der Waals surface area contributed by atoms with Gasteiger partial charge in [-0.2, -0.15) is 0 Å². The Labute approximate surface area is 77.6 Å². The van der Waals surface area contributed by atoms with Crippen LogP contribution in [0.15, 0.2) is 0 Å².